The molecule has 0 aliphatic carbocycles. The normalized spacial score (nSPS) is 10.3. The summed E-state index contributed by atoms with van der Waals surface area (Å²) in [6.45, 7) is 4.51. The Morgan fingerprint density at radius 2 is 1.25 bits per heavy atom. The molecule has 0 amide bonds. The Balaban J connectivity index is 2.68. The van der Waals surface area contributed by atoms with E-state index in [2.05, 4.69) is 0 Å². The van der Waals surface area contributed by atoms with E-state index in [1.807, 2.05) is 13.8 Å². The minimum absolute atomic E-state index is 0.0216. The van der Waals surface area contributed by atoms with Crippen LogP contribution in [0.5, 0.6) is 23.0 Å². The zero-order chi connectivity index (χ0) is 17.7. The van der Waals surface area contributed by atoms with E-state index in [4.69, 9.17) is 32.7 Å². The second kappa shape index (κ2) is 8.18. The van der Waals surface area contributed by atoms with Gasteiger partial charge in [0.2, 0.25) is 0 Å². The lowest BCUT2D eigenvalue weighted by Crippen LogP contribution is -2.01. The minimum atomic E-state index is 0.0216. The summed E-state index contributed by atoms with van der Waals surface area (Å²) in [5, 5.41) is 19.4. The van der Waals surface area contributed by atoms with Gasteiger partial charge in [0.15, 0.2) is 0 Å². The minimum Gasteiger partial charge on any atom is -0.508 e. The van der Waals surface area contributed by atoms with Gasteiger partial charge in [-0.05, 0) is 38.1 Å². The summed E-state index contributed by atoms with van der Waals surface area (Å²) in [5.74, 6) is 1.04. The molecule has 0 radical (unpaired) electrons. The first-order valence-corrected chi connectivity index (χ1v) is 8.21. The molecule has 2 aromatic carbocycles. The second-order valence-electron chi connectivity index (χ2n) is 4.86. The van der Waals surface area contributed by atoms with Crippen LogP contribution >= 0.6 is 23.2 Å². The third-order valence-corrected chi connectivity index (χ3v) is 3.64. The molecule has 6 heteroatoms. The Bertz CT molecular complexity index is 695. The summed E-state index contributed by atoms with van der Waals surface area (Å²) in [6, 6.07) is 9.38. The van der Waals surface area contributed by atoms with Gasteiger partial charge < -0.3 is 19.7 Å². The van der Waals surface area contributed by atoms with Gasteiger partial charge in [0, 0.05) is 28.8 Å². The van der Waals surface area contributed by atoms with Crippen molar-refractivity contribution in [3.63, 3.8) is 0 Å². The molecule has 24 heavy (non-hydrogen) atoms. The van der Waals surface area contributed by atoms with Crippen molar-refractivity contribution in [3.8, 4) is 23.0 Å². The van der Waals surface area contributed by atoms with E-state index in [0.29, 0.717) is 41.4 Å². The number of rotatable bonds is 6. The predicted molar refractivity (Wildman–Crippen MR) is 96.3 cm³/mol. The molecule has 0 saturated heterocycles. The number of hydrogen-bond donors (Lipinski definition) is 2. The molecule has 0 saturated carbocycles. The molecule has 0 heterocycles. The first-order valence-electron chi connectivity index (χ1n) is 7.45. The van der Waals surface area contributed by atoms with Crippen molar-refractivity contribution in [1.82, 2.24) is 0 Å². The Morgan fingerprint density at radius 3 is 1.58 bits per heavy atom. The molecule has 0 spiro atoms. The van der Waals surface area contributed by atoms with Gasteiger partial charge in [-0.25, -0.2) is 0 Å². The average Bonchev–Trinajstić information content (AvgIpc) is 2.52. The number of phenolic OH excluding ortho intramolecular Hbond substituents is 2. The van der Waals surface area contributed by atoms with Gasteiger partial charge in [-0.2, -0.15) is 0 Å². The maximum absolute atomic E-state index is 9.71. The van der Waals surface area contributed by atoms with Crippen molar-refractivity contribution in [2.24, 2.45) is 0 Å². The van der Waals surface area contributed by atoms with E-state index < -0.39 is 0 Å². The van der Waals surface area contributed by atoms with Crippen molar-refractivity contribution < 1.29 is 19.7 Å². The first kappa shape index (κ1) is 18.3. The van der Waals surface area contributed by atoms with Crippen LogP contribution < -0.4 is 9.47 Å². The van der Waals surface area contributed by atoms with Crippen LogP contribution in [0.15, 0.2) is 40.9 Å². The molecule has 0 unspecified atom stereocenters. The highest BCUT2D eigenvalue weighted by atomic mass is 35.5. The lowest BCUT2D eigenvalue weighted by molar-refractivity contribution is 0.335. The quantitative estimate of drug-likeness (QED) is 0.745. The Kier molecular flexibility index (Phi) is 6.23. The largest absolute Gasteiger partial charge is 0.508 e. The van der Waals surface area contributed by atoms with Crippen molar-refractivity contribution in [1.29, 1.82) is 0 Å². The van der Waals surface area contributed by atoms with Crippen LogP contribution in [0.2, 0.25) is 0 Å². The standard InChI is InChI=1S/C18H18Cl2O4/c1-3-23-15-9-11(21)5-7-13(15)17(18(19)20)14-8-6-12(22)10-16(14)24-4-2/h5-10,21-22H,3-4H2,1-2H3. The van der Waals surface area contributed by atoms with Crippen LogP contribution in [-0.4, -0.2) is 23.4 Å². The summed E-state index contributed by atoms with van der Waals surface area (Å²) in [6.07, 6.45) is 0. The van der Waals surface area contributed by atoms with E-state index in [9.17, 15) is 10.2 Å². The van der Waals surface area contributed by atoms with Gasteiger partial charge in [0.25, 0.3) is 0 Å². The summed E-state index contributed by atoms with van der Waals surface area (Å²) in [7, 11) is 0. The monoisotopic (exact) mass is 368 g/mol. The number of phenols is 2. The van der Waals surface area contributed by atoms with Crippen molar-refractivity contribution >= 4 is 28.8 Å². The molecular weight excluding hydrogens is 351 g/mol. The van der Waals surface area contributed by atoms with Gasteiger partial charge in [-0.15, -0.1) is 0 Å². The fourth-order valence-electron chi connectivity index (χ4n) is 2.33. The van der Waals surface area contributed by atoms with Crippen LogP contribution in [0, 0.1) is 0 Å². The van der Waals surface area contributed by atoms with Gasteiger partial charge in [0.05, 0.1) is 13.2 Å². The van der Waals surface area contributed by atoms with Gasteiger partial charge >= 0.3 is 0 Å². The molecule has 2 N–H and O–H groups in total. The number of aromatic hydroxyl groups is 2. The molecule has 0 fully saturated rings. The fraction of sp³-hybridized carbons (Fsp3) is 0.222. The van der Waals surface area contributed by atoms with Gasteiger partial charge in [-0.3, -0.25) is 0 Å². The number of hydrogen-bond acceptors (Lipinski definition) is 4. The molecule has 2 rings (SSSR count). The van der Waals surface area contributed by atoms with E-state index >= 15 is 0 Å². The average molecular weight is 369 g/mol. The summed E-state index contributed by atoms with van der Waals surface area (Å²) in [5.41, 5.74) is 1.72. The molecular formula is C18H18Cl2O4. The van der Waals surface area contributed by atoms with Crippen LogP contribution in [0.25, 0.3) is 5.57 Å². The Morgan fingerprint density at radius 1 is 0.833 bits per heavy atom. The maximum atomic E-state index is 9.71. The lowest BCUT2D eigenvalue weighted by atomic mass is 9.97. The van der Waals surface area contributed by atoms with Gasteiger partial charge in [-0.1, -0.05) is 23.2 Å². The molecule has 0 bridgehead atoms. The smallest absolute Gasteiger partial charge is 0.130 e. The zero-order valence-electron chi connectivity index (χ0n) is 13.3. The van der Waals surface area contributed by atoms with E-state index in [1.165, 1.54) is 24.3 Å². The summed E-state index contributed by atoms with van der Waals surface area (Å²) in [4.78, 5) is 0. The fourth-order valence-corrected chi connectivity index (χ4v) is 2.74. The van der Waals surface area contributed by atoms with Gasteiger partial charge in [0.1, 0.15) is 27.5 Å². The highest BCUT2D eigenvalue weighted by molar-refractivity contribution is 6.59. The van der Waals surface area contributed by atoms with Crippen molar-refractivity contribution in [2.45, 2.75) is 13.8 Å². The van der Waals surface area contributed by atoms with Crippen LogP contribution in [-0.2, 0) is 0 Å². The maximum Gasteiger partial charge on any atom is 0.130 e. The van der Waals surface area contributed by atoms with E-state index in [1.54, 1.807) is 12.1 Å². The number of halogens is 2. The molecule has 0 aliphatic heterocycles. The van der Waals surface area contributed by atoms with Crippen molar-refractivity contribution in [3.05, 3.63) is 52.0 Å². The Labute approximate surface area is 150 Å². The Hall–Kier alpha value is -2.04. The molecule has 0 aliphatic rings. The van der Waals surface area contributed by atoms with Crippen LogP contribution in [0.4, 0.5) is 0 Å². The zero-order valence-corrected chi connectivity index (χ0v) is 14.9. The predicted octanol–water partition coefficient (Wildman–Crippen LogP) is 5.09. The third-order valence-electron chi connectivity index (χ3n) is 3.26. The SMILES string of the molecule is CCOc1cc(O)ccc1C(=C(Cl)Cl)c1ccc(O)cc1OCC. The van der Waals surface area contributed by atoms with Crippen LogP contribution in [0.3, 0.4) is 0 Å². The molecule has 2 aromatic rings. The number of benzene rings is 2. The van der Waals surface area contributed by atoms with Crippen molar-refractivity contribution in [2.75, 3.05) is 13.2 Å². The summed E-state index contributed by atoms with van der Waals surface area (Å²) < 4.78 is 11.2. The van der Waals surface area contributed by atoms with E-state index in [-0.39, 0.29) is 16.0 Å². The molecule has 0 atom stereocenters. The third kappa shape index (κ3) is 4.08. The highest BCUT2D eigenvalue weighted by Gasteiger charge is 2.19. The molecule has 128 valence electrons. The second-order valence-corrected chi connectivity index (χ2v) is 5.81. The molecule has 4 nitrogen and oxygen atoms in total. The highest BCUT2D eigenvalue weighted by Crippen LogP contribution is 2.42. The topological polar surface area (TPSA) is 58.9 Å². The van der Waals surface area contributed by atoms with E-state index in [0.717, 1.165) is 0 Å². The van der Waals surface area contributed by atoms with Crippen LogP contribution in [0.1, 0.15) is 25.0 Å². The summed E-state index contributed by atoms with van der Waals surface area (Å²) >= 11 is 12.3. The first-order chi connectivity index (χ1) is 11.5. The number of ether oxygens (including phenoxy) is 2. The molecule has 0 aromatic heterocycles. The lowest BCUT2D eigenvalue weighted by Gasteiger charge is -2.17.